The quantitative estimate of drug-likeness (QED) is 0.876. The molecule has 1 aromatic heterocycles. The molecule has 18 heavy (non-hydrogen) atoms. The maximum Gasteiger partial charge on any atom is 0.256 e. The zero-order chi connectivity index (χ0) is 13.1. The van der Waals surface area contributed by atoms with Gasteiger partial charge in [0, 0.05) is 5.56 Å². The summed E-state index contributed by atoms with van der Waals surface area (Å²) in [6, 6.07) is 5.23. The standard InChI is InChI=1S/C11H6Br2FN3O/c12-8-5-15-10(9(13)16-8)17-11(18)6-1-3-7(14)4-2-6/h1-5H,(H,15,17,18). The van der Waals surface area contributed by atoms with E-state index in [1.807, 2.05) is 0 Å². The molecular formula is C11H6Br2FN3O. The Morgan fingerprint density at radius 3 is 2.50 bits per heavy atom. The van der Waals surface area contributed by atoms with Gasteiger partial charge in [0.05, 0.1) is 6.20 Å². The highest BCUT2D eigenvalue weighted by molar-refractivity contribution is 9.11. The molecule has 0 aliphatic carbocycles. The van der Waals surface area contributed by atoms with Crippen molar-refractivity contribution in [3.63, 3.8) is 0 Å². The molecule has 0 bridgehead atoms. The van der Waals surface area contributed by atoms with E-state index >= 15 is 0 Å². The van der Waals surface area contributed by atoms with Crippen LogP contribution < -0.4 is 5.32 Å². The zero-order valence-electron chi connectivity index (χ0n) is 8.82. The first-order chi connectivity index (χ1) is 8.56. The number of carbonyl (C=O) groups is 1. The summed E-state index contributed by atoms with van der Waals surface area (Å²) in [7, 11) is 0. The predicted octanol–water partition coefficient (Wildman–Crippen LogP) is 3.39. The van der Waals surface area contributed by atoms with Crippen LogP contribution in [-0.4, -0.2) is 15.9 Å². The summed E-state index contributed by atoms with van der Waals surface area (Å²) < 4.78 is 13.7. The van der Waals surface area contributed by atoms with E-state index in [2.05, 4.69) is 47.1 Å². The van der Waals surface area contributed by atoms with Crippen LogP contribution >= 0.6 is 31.9 Å². The summed E-state index contributed by atoms with van der Waals surface area (Å²) in [6.07, 6.45) is 1.46. The molecule has 7 heteroatoms. The number of rotatable bonds is 2. The molecule has 4 nitrogen and oxygen atoms in total. The molecule has 0 saturated carbocycles. The SMILES string of the molecule is O=C(Nc1ncc(Br)nc1Br)c1ccc(F)cc1. The third-order valence-electron chi connectivity index (χ3n) is 2.04. The van der Waals surface area contributed by atoms with Crippen molar-refractivity contribution < 1.29 is 9.18 Å². The molecule has 2 aromatic rings. The number of hydrogen-bond acceptors (Lipinski definition) is 3. The van der Waals surface area contributed by atoms with Crippen molar-refractivity contribution >= 4 is 43.6 Å². The lowest BCUT2D eigenvalue weighted by Gasteiger charge is -2.05. The molecule has 0 unspecified atom stereocenters. The average Bonchev–Trinajstić information content (AvgIpc) is 2.33. The topological polar surface area (TPSA) is 54.9 Å². The van der Waals surface area contributed by atoms with E-state index in [0.29, 0.717) is 20.6 Å². The lowest BCUT2D eigenvalue weighted by Crippen LogP contribution is -2.13. The number of amides is 1. The fourth-order valence-electron chi connectivity index (χ4n) is 1.21. The number of nitrogens with one attached hydrogen (secondary N) is 1. The Labute approximate surface area is 119 Å². The van der Waals surface area contributed by atoms with Crippen LogP contribution in [0.3, 0.4) is 0 Å². The van der Waals surface area contributed by atoms with Crippen molar-refractivity contribution in [2.45, 2.75) is 0 Å². The van der Waals surface area contributed by atoms with Crippen molar-refractivity contribution in [1.82, 2.24) is 9.97 Å². The van der Waals surface area contributed by atoms with E-state index in [9.17, 15) is 9.18 Å². The lowest BCUT2D eigenvalue weighted by atomic mass is 10.2. The van der Waals surface area contributed by atoms with Crippen molar-refractivity contribution in [3.05, 3.63) is 51.0 Å². The molecule has 0 atom stereocenters. The number of carbonyl (C=O) groups excluding carboxylic acids is 1. The average molecular weight is 375 g/mol. The van der Waals surface area contributed by atoms with E-state index in [4.69, 9.17) is 0 Å². The Morgan fingerprint density at radius 1 is 1.22 bits per heavy atom. The van der Waals surface area contributed by atoms with Crippen LogP contribution in [-0.2, 0) is 0 Å². The molecule has 1 N–H and O–H groups in total. The second kappa shape index (κ2) is 5.53. The molecule has 0 fully saturated rings. The fourth-order valence-corrected chi connectivity index (χ4v) is 2.12. The molecule has 1 amide bonds. The van der Waals surface area contributed by atoms with Gasteiger partial charge in [-0.15, -0.1) is 0 Å². The molecule has 0 saturated heterocycles. The highest BCUT2D eigenvalue weighted by Gasteiger charge is 2.10. The smallest absolute Gasteiger partial charge is 0.256 e. The van der Waals surface area contributed by atoms with Crippen LogP contribution in [0.5, 0.6) is 0 Å². The number of benzene rings is 1. The number of anilines is 1. The highest BCUT2D eigenvalue weighted by atomic mass is 79.9. The third-order valence-corrected chi connectivity index (χ3v) is 2.97. The van der Waals surface area contributed by atoms with E-state index in [0.717, 1.165) is 0 Å². The number of hydrogen-bond donors (Lipinski definition) is 1. The Hall–Kier alpha value is -1.34. The Morgan fingerprint density at radius 2 is 1.89 bits per heavy atom. The minimum Gasteiger partial charge on any atom is -0.304 e. The van der Waals surface area contributed by atoms with Gasteiger partial charge in [-0.05, 0) is 56.1 Å². The summed E-state index contributed by atoms with van der Waals surface area (Å²) in [6.45, 7) is 0. The minimum atomic E-state index is -0.392. The van der Waals surface area contributed by atoms with E-state index in [1.54, 1.807) is 0 Å². The normalized spacial score (nSPS) is 10.2. The first kappa shape index (κ1) is 13.1. The molecule has 0 aliphatic heterocycles. The van der Waals surface area contributed by atoms with Gasteiger partial charge in [-0.3, -0.25) is 4.79 Å². The van der Waals surface area contributed by atoms with Crippen molar-refractivity contribution in [2.75, 3.05) is 5.32 Å². The van der Waals surface area contributed by atoms with Crippen LogP contribution in [0.15, 0.2) is 39.7 Å². The predicted molar refractivity (Wildman–Crippen MR) is 71.8 cm³/mol. The van der Waals surface area contributed by atoms with E-state index < -0.39 is 5.82 Å². The van der Waals surface area contributed by atoms with Gasteiger partial charge in [0.2, 0.25) is 0 Å². The molecule has 92 valence electrons. The van der Waals surface area contributed by atoms with Gasteiger partial charge in [0.25, 0.3) is 5.91 Å². The van der Waals surface area contributed by atoms with Crippen molar-refractivity contribution in [2.24, 2.45) is 0 Å². The first-order valence-corrected chi connectivity index (χ1v) is 6.40. The second-order valence-corrected chi connectivity index (χ2v) is 4.86. The largest absolute Gasteiger partial charge is 0.304 e. The zero-order valence-corrected chi connectivity index (χ0v) is 12.0. The fraction of sp³-hybridized carbons (Fsp3) is 0. The first-order valence-electron chi connectivity index (χ1n) is 4.81. The van der Waals surface area contributed by atoms with Crippen LogP contribution in [0, 0.1) is 5.82 Å². The van der Waals surface area contributed by atoms with Crippen molar-refractivity contribution in [3.8, 4) is 0 Å². The van der Waals surface area contributed by atoms with Gasteiger partial charge in [0.1, 0.15) is 15.0 Å². The molecular weight excluding hydrogens is 369 g/mol. The molecule has 0 radical (unpaired) electrons. The monoisotopic (exact) mass is 373 g/mol. The number of nitrogens with zero attached hydrogens (tertiary/aromatic N) is 2. The maximum atomic E-state index is 12.7. The third kappa shape index (κ3) is 3.11. The molecule has 1 heterocycles. The maximum absolute atomic E-state index is 12.7. The van der Waals surface area contributed by atoms with Crippen LogP contribution in [0.25, 0.3) is 0 Å². The summed E-state index contributed by atoms with van der Waals surface area (Å²) >= 11 is 6.34. The van der Waals surface area contributed by atoms with Crippen LogP contribution in [0.1, 0.15) is 10.4 Å². The Kier molecular flexibility index (Phi) is 4.03. The Balaban J connectivity index is 2.18. The van der Waals surface area contributed by atoms with Crippen LogP contribution in [0.4, 0.5) is 10.2 Å². The van der Waals surface area contributed by atoms with Gasteiger partial charge >= 0.3 is 0 Å². The molecule has 0 spiro atoms. The highest BCUT2D eigenvalue weighted by Crippen LogP contribution is 2.20. The van der Waals surface area contributed by atoms with Crippen molar-refractivity contribution in [1.29, 1.82) is 0 Å². The van der Waals surface area contributed by atoms with Gasteiger partial charge in [-0.1, -0.05) is 0 Å². The number of aromatic nitrogens is 2. The van der Waals surface area contributed by atoms with Gasteiger partial charge in [-0.25, -0.2) is 14.4 Å². The summed E-state index contributed by atoms with van der Waals surface area (Å²) in [5.41, 5.74) is 0.341. The van der Waals surface area contributed by atoms with Gasteiger partial charge in [0.15, 0.2) is 5.82 Å². The van der Waals surface area contributed by atoms with Gasteiger partial charge in [-0.2, -0.15) is 0 Å². The van der Waals surface area contributed by atoms with Gasteiger partial charge < -0.3 is 5.32 Å². The molecule has 0 aliphatic rings. The van der Waals surface area contributed by atoms with E-state index in [-0.39, 0.29) is 5.91 Å². The van der Waals surface area contributed by atoms with E-state index in [1.165, 1.54) is 30.5 Å². The summed E-state index contributed by atoms with van der Waals surface area (Å²) in [5, 5.41) is 2.57. The summed E-state index contributed by atoms with van der Waals surface area (Å²) in [5.74, 6) is -0.476. The van der Waals surface area contributed by atoms with Crippen LogP contribution in [0.2, 0.25) is 0 Å². The minimum absolute atomic E-state index is 0.299. The second-order valence-electron chi connectivity index (χ2n) is 3.29. The molecule has 2 rings (SSSR count). The summed E-state index contributed by atoms with van der Waals surface area (Å²) in [4.78, 5) is 19.9. The lowest BCUT2D eigenvalue weighted by molar-refractivity contribution is 0.102. The Bertz CT molecular complexity index is 589. The molecule has 1 aromatic carbocycles. The number of halogens is 3.